The lowest BCUT2D eigenvalue weighted by molar-refractivity contribution is -0.124. The highest BCUT2D eigenvalue weighted by atomic mass is 16.5. The highest BCUT2D eigenvalue weighted by Crippen LogP contribution is 2.34. The molecule has 29 heavy (non-hydrogen) atoms. The Kier molecular flexibility index (Phi) is 10.4. The predicted octanol–water partition coefficient (Wildman–Crippen LogP) is 2.21. The number of likely N-dealkylation sites (N-methyl/N-ethyl adjacent to an activating group) is 2. The van der Waals surface area contributed by atoms with Gasteiger partial charge in [0.25, 0.3) is 0 Å². The summed E-state index contributed by atoms with van der Waals surface area (Å²) in [6.07, 6.45) is 5.43. The molecule has 2 rings (SSSR count). The second kappa shape index (κ2) is 12.5. The van der Waals surface area contributed by atoms with Gasteiger partial charge in [-0.1, -0.05) is 6.92 Å². The standard InChI is InChI=1S/C22H42N4O3/c1-5-10-26-17-19(15-18-16-20(27)8-9-21(18)26)23-22(28)25(6-2)13-12-24(3)11-7-14-29-4/h18-19,21H,5-17H2,1-4H3,(H,23,28)/t18-,19+,21-/m1/s1. The molecule has 2 aliphatic rings. The quantitative estimate of drug-likeness (QED) is 0.529. The van der Waals surface area contributed by atoms with Crippen molar-refractivity contribution in [2.75, 3.05) is 60.0 Å². The minimum Gasteiger partial charge on any atom is -0.385 e. The van der Waals surface area contributed by atoms with Gasteiger partial charge in [0.05, 0.1) is 0 Å². The summed E-state index contributed by atoms with van der Waals surface area (Å²) in [5.41, 5.74) is 0. The average Bonchev–Trinajstić information content (AvgIpc) is 2.68. The number of rotatable bonds is 11. The molecule has 0 radical (unpaired) electrons. The third-order valence-corrected chi connectivity index (χ3v) is 6.41. The molecular weight excluding hydrogens is 368 g/mol. The molecule has 0 aromatic heterocycles. The minimum atomic E-state index is 0.0276. The van der Waals surface area contributed by atoms with E-state index in [4.69, 9.17) is 4.74 Å². The van der Waals surface area contributed by atoms with Gasteiger partial charge in [-0.2, -0.15) is 0 Å². The van der Waals surface area contributed by atoms with Crippen LogP contribution in [0.15, 0.2) is 0 Å². The number of ether oxygens (including phenoxy) is 1. The monoisotopic (exact) mass is 410 g/mol. The van der Waals surface area contributed by atoms with E-state index in [0.29, 0.717) is 30.7 Å². The zero-order chi connectivity index (χ0) is 21.2. The molecule has 7 nitrogen and oxygen atoms in total. The largest absolute Gasteiger partial charge is 0.385 e. The Balaban J connectivity index is 1.85. The molecule has 0 unspecified atom stereocenters. The smallest absolute Gasteiger partial charge is 0.317 e. The first-order valence-corrected chi connectivity index (χ1v) is 11.5. The third kappa shape index (κ3) is 7.54. The molecule has 2 fully saturated rings. The Hall–Kier alpha value is -1.18. The first-order valence-electron chi connectivity index (χ1n) is 11.5. The van der Waals surface area contributed by atoms with E-state index in [-0.39, 0.29) is 12.1 Å². The molecule has 0 aromatic carbocycles. The molecule has 1 aliphatic carbocycles. The molecule has 0 bridgehead atoms. The number of nitrogens with zero attached hydrogens (tertiary/aromatic N) is 3. The van der Waals surface area contributed by atoms with Gasteiger partial charge >= 0.3 is 6.03 Å². The lowest BCUT2D eigenvalue weighted by atomic mass is 9.76. The van der Waals surface area contributed by atoms with E-state index in [1.165, 1.54) is 0 Å². The van der Waals surface area contributed by atoms with Crippen LogP contribution >= 0.6 is 0 Å². The van der Waals surface area contributed by atoms with Gasteiger partial charge in [0.1, 0.15) is 5.78 Å². The van der Waals surface area contributed by atoms with E-state index >= 15 is 0 Å². The van der Waals surface area contributed by atoms with Crippen LogP contribution in [0, 0.1) is 5.92 Å². The molecule has 2 amide bonds. The van der Waals surface area contributed by atoms with Crippen molar-refractivity contribution in [3.63, 3.8) is 0 Å². The molecule has 3 atom stereocenters. The number of amides is 2. The number of ketones is 1. The Bertz CT molecular complexity index is 516. The van der Waals surface area contributed by atoms with Crippen molar-refractivity contribution >= 4 is 11.8 Å². The average molecular weight is 411 g/mol. The SMILES string of the molecule is CCCN1C[C@@H](NC(=O)N(CC)CCN(C)CCCOC)C[C@@H]2CC(=O)CC[C@H]21. The van der Waals surface area contributed by atoms with Gasteiger partial charge < -0.3 is 19.9 Å². The summed E-state index contributed by atoms with van der Waals surface area (Å²) in [5, 5.41) is 3.28. The fourth-order valence-corrected chi connectivity index (χ4v) is 4.85. The zero-order valence-corrected chi connectivity index (χ0v) is 19.0. The van der Waals surface area contributed by atoms with Crippen molar-refractivity contribution in [1.82, 2.24) is 20.0 Å². The predicted molar refractivity (Wildman–Crippen MR) is 116 cm³/mol. The molecule has 0 aromatic rings. The lowest BCUT2D eigenvalue weighted by Crippen LogP contribution is -2.59. The van der Waals surface area contributed by atoms with Crippen molar-refractivity contribution in [1.29, 1.82) is 0 Å². The maximum atomic E-state index is 12.9. The number of Topliss-reactive ketones (excluding diaryl/α,β-unsaturated/α-hetero) is 1. The van der Waals surface area contributed by atoms with Crippen LogP contribution < -0.4 is 5.32 Å². The summed E-state index contributed by atoms with van der Waals surface area (Å²) in [4.78, 5) is 31.5. The van der Waals surface area contributed by atoms with E-state index in [9.17, 15) is 9.59 Å². The number of piperidine rings is 1. The van der Waals surface area contributed by atoms with Gasteiger partial charge in [0.2, 0.25) is 0 Å². The van der Waals surface area contributed by atoms with E-state index in [1.54, 1.807) is 7.11 Å². The summed E-state index contributed by atoms with van der Waals surface area (Å²) < 4.78 is 5.11. The fraction of sp³-hybridized carbons (Fsp3) is 0.909. The molecule has 0 spiro atoms. The van der Waals surface area contributed by atoms with Crippen LogP contribution in [0.2, 0.25) is 0 Å². The molecule has 168 valence electrons. The molecule has 1 saturated carbocycles. The van der Waals surface area contributed by atoms with Crippen molar-refractivity contribution in [2.24, 2.45) is 5.92 Å². The van der Waals surface area contributed by atoms with E-state index in [2.05, 4.69) is 29.1 Å². The molecule has 7 heteroatoms. The van der Waals surface area contributed by atoms with E-state index < -0.39 is 0 Å². The lowest BCUT2D eigenvalue weighted by Gasteiger charge is -2.47. The third-order valence-electron chi connectivity index (χ3n) is 6.41. The molecule has 1 heterocycles. The van der Waals surface area contributed by atoms with Crippen molar-refractivity contribution in [3.05, 3.63) is 0 Å². The van der Waals surface area contributed by atoms with Crippen LogP contribution in [0.5, 0.6) is 0 Å². The fourth-order valence-electron chi connectivity index (χ4n) is 4.85. The number of hydrogen-bond acceptors (Lipinski definition) is 5. The summed E-state index contributed by atoms with van der Waals surface area (Å²) in [7, 11) is 3.81. The van der Waals surface area contributed by atoms with Gasteiger partial charge in [-0.15, -0.1) is 0 Å². The Labute approximate surface area is 177 Å². The highest BCUT2D eigenvalue weighted by molar-refractivity contribution is 5.79. The maximum Gasteiger partial charge on any atom is 0.317 e. The molecule has 1 N–H and O–H groups in total. The topological polar surface area (TPSA) is 65.1 Å². The van der Waals surface area contributed by atoms with Crippen molar-refractivity contribution in [3.8, 4) is 0 Å². The van der Waals surface area contributed by atoms with E-state index in [0.717, 1.165) is 71.4 Å². The van der Waals surface area contributed by atoms with Crippen LogP contribution in [0.1, 0.15) is 52.4 Å². The Morgan fingerprint density at radius 2 is 2.07 bits per heavy atom. The number of urea groups is 1. The molecular formula is C22H42N4O3. The molecule has 1 saturated heterocycles. The van der Waals surface area contributed by atoms with Crippen LogP contribution in [0.25, 0.3) is 0 Å². The van der Waals surface area contributed by atoms with Gasteiger partial charge in [-0.05, 0) is 52.1 Å². The van der Waals surface area contributed by atoms with Crippen LogP contribution in [0.3, 0.4) is 0 Å². The minimum absolute atomic E-state index is 0.0276. The van der Waals surface area contributed by atoms with Crippen molar-refractivity contribution < 1.29 is 14.3 Å². The van der Waals surface area contributed by atoms with E-state index in [1.807, 2.05) is 11.8 Å². The summed E-state index contributed by atoms with van der Waals surface area (Å²) >= 11 is 0. The van der Waals surface area contributed by atoms with Crippen molar-refractivity contribution in [2.45, 2.75) is 64.5 Å². The number of nitrogens with one attached hydrogen (secondary N) is 1. The van der Waals surface area contributed by atoms with Crippen LogP contribution in [-0.2, 0) is 9.53 Å². The first kappa shape index (κ1) is 24.1. The van der Waals surface area contributed by atoms with Gasteiger partial charge in [-0.25, -0.2) is 4.79 Å². The summed E-state index contributed by atoms with van der Waals surface area (Å²) in [6.45, 7) is 10.2. The Morgan fingerprint density at radius 3 is 2.76 bits per heavy atom. The van der Waals surface area contributed by atoms with Gasteiger partial charge in [0, 0.05) is 71.4 Å². The van der Waals surface area contributed by atoms with Crippen LogP contribution in [0.4, 0.5) is 4.79 Å². The van der Waals surface area contributed by atoms with Crippen LogP contribution in [-0.4, -0.2) is 98.6 Å². The number of likely N-dealkylation sites (tertiary alicyclic amines) is 1. The summed E-state index contributed by atoms with van der Waals surface area (Å²) in [5.74, 6) is 0.783. The second-order valence-electron chi connectivity index (χ2n) is 8.72. The zero-order valence-electron chi connectivity index (χ0n) is 19.0. The number of methoxy groups -OCH3 is 1. The summed E-state index contributed by atoms with van der Waals surface area (Å²) in [6, 6.07) is 0.679. The number of hydrogen-bond donors (Lipinski definition) is 1. The maximum absolute atomic E-state index is 12.9. The normalized spacial score (nSPS) is 25.1. The first-order chi connectivity index (χ1) is 14.0. The van der Waals surface area contributed by atoms with Gasteiger partial charge in [0.15, 0.2) is 0 Å². The van der Waals surface area contributed by atoms with Gasteiger partial charge in [-0.3, -0.25) is 9.69 Å². The Morgan fingerprint density at radius 1 is 1.28 bits per heavy atom. The molecule has 1 aliphatic heterocycles. The number of carbonyl (C=O) groups excluding carboxylic acids is 2. The number of fused-ring (bicyclic) bond motifs is 1. The number of carbonyl (C=O) groups is 2. The second-order valence-corrected chi connectivity index (χ2v) is 8.72. The highest BCUT2D eigenvalue weighted by Gasteiger charge is 2.39.